The maximum absolute atomic E-state index is 13.2. The molecule has 1 aromatic carbocycles. The minimum Gasteiger partial charge on any atom is -0.342 e. The molecule has 1 N–H and O–H groups in total. The summed E-state index contributed by atoms with van der Waals surface area (Å²) in [5.74, 6) is -0.0864. The van der Waals surface area contributed by atoms with Crippen molar-refractivity contribution in [3.8, 4) is 5.69 Å². The summed E-state index contributed by atoms with van der Waals surface area (Å²) in [6.07, 6.45) is 3.80. The van der Waals surface area contributed by atoms with E-state index < -0.39 is 0 Å². The van der Waals surface area contributed by atoms with Crippen molar-refractivity contribution in [2.75, 3.05) is 26.2 Å². The van der Waals surface area contributed by atoms with E-state index in [1.807, 2.05) is 18.7 Å². The molecule has 2 fully saturated rings. The van der Waals surface area contributed by atoms with Crippen LogP contribution in [0.1, 0.15) is 36.2 Å². The normalized spacial score (nSPS) is 18.3. The van der Waals surface area contributed by atoms with Gasteiger partial charge in [-0.3, -0.25) is 4.79 Å². The summed E-state index contributed by atoms with van der Waals surface area (Å²) in [7, 11) is 0. The van der Waals surface area contributed by atoms with E-state index in [1.165, 1.54) is 18.6 Å². The maximum atomic E-state index is 13.2. The van der Waals surface area contributed by atoms with Crippen molar-refractivity contribution >= 4 is 18.3 Å². The first-order chi connectivity index (χ1) is 13.0. The molecular formula is C21H28ClFN4O. The summed E-state index contributed by atoms with van der Waals surface area (Å²) in [6, 6.07) is 6.27. The van der Waals surface area contributed by atoms with Gasteiger partial charge in [-0.1, -0.05) is 0 Å². The van der Waals surface area contributed by atoms with E-state index in [1.54, 1.807) is 16.8 Å². The van der Waals surface area contributed by atoms with Gasteiger partial charge >= 0.3 is 0 Å². The first kappa shape index (κ1) is 20.8. The topological polar surface area (TPSA) is 50.2 Å². The Balaban J connectivity index is 0.00000225. The molecule has 7 heteroatoms. The van der Waals surface area contributed by atoms with Crippen LogP contribution >= 0.6 is 12.4 Å². The van der Waals surface area contributed by atoms with Gasteiger partial charge in [0.15, 0.2) is 0 Å². The number of rotatable bonds is 3. The summed E-state index contributed by atoms with van der Waals surface area (Å²) in [4.78, 5) is 14.9. The molecule has 0 bridgehead atoms. The quantitative estimate of drug-likeness (QED) is 0.851. The second-order valence-electron chi connectivity index (χ2n) is 8.02. The second-order valence-corrected chi connectivity index (χ2v) is 8.02. The number of likely N-dealkylation sites (tertiary alicyclic amines) is 1. The first-order valence-corrected chi connectivity index (χ1v) is 9.77. The van der Waals surface area contributed by atoms with Crippen molar-refractivity contribution in [1.29, 1.82) is 0 Å². The lowest BCUT2D eigenvalue weighted by molar-refractivity contribution is -0.132. The summed E-state index contributed by atoms with van der Waals surface area (Å²) >= 11 is 0. The van der Waals surface area contributed by atoms with Crippen LogP contribution in [0.3, 0.4) is 0 Å². The Bertz CT molecular complexity index is 833. The molecule has 3 heterocycles. The van der Waals surface area contributed by atoms with Gasteiger partial charge in [0, 0.05) is 30.9 Å². The van der Waals surface area contributed by atoms with Crippen LogP contribution in [0, 0.1) is 25.1 Å². The summed E-state index contributed by atoms with van der Waals surface area (Å²) < 4.78 is 15.0. The molecule has 1 spiro atoms. The average molecular weight is 407 g/mol. The van der Waals surface area contributed by atoms with Crippen molar-refractivity contribution in [3.63, 3.8) is 0 Å². The van der Waals surface area contributed by atoms with Crippen molar-refractivity contribution in [2.24, 2.45) is 5.41 Å². The summed E-state index contributed by atoms with van der Waals surface area (Å²) in [6.45, 7) is 7.81. The zero-order valence-corrected chi connectivity index (χ0v) is 17.3. The highest BCUT2D eigenvalue weighted by Gasteiger charge is 2.38. The SMILES string of the molecule is Cc1nn(-c2ccc(F)cc2)c(C)c1CC(=O)N1CCC2(CCNC2)CC1.Cl. The molecule has 152 valence electrons. The second kappa shape index (κ2) is 8.21. The van der Waals surface area contributed by atoms with E-state index in [0.717, 1.165) is 61.7 Å². The Morgan fingerprint density at radius 2 is 1.86 bits per heavy atom. The lowest BCUT2D eigenvalue weighted by Gasteiger charge is -2.39. The lowest BCUT2D eigenvalue weighted by atomic mass is 9.78. The first-order valence-electron chi connectivity index (χ1n) is 9.77. The number of carbonyl (C=O) groups excluding carboxylic acids is 1. The van der Waals surface area contributed by atoms with Crippen molar-refractivity contribution in [1.82, 2.24) is 20.0 Å². The molecule has 0 atom stereocenters. The molecule has 5 nitrogen and oxygen atoms in total. The van der Waals surface area contributed by atoms with E-state index >= 15 is 0 Å². The van der Waals surface area contributed by atoms with E-state index in [4.69, 9.17) is 0 Å². The summed E-state index contributed by atoms with van der Waals surface area (Å²) in [5.41, 5.74) is 4.01. The fourth-order valence-electron chi connectivity index (χ4n) is 4.48. The molecule has 28 heavy (non-hydrogen) atoms. The molecule has 2 aliphatic rings. The fourth-order valence-corrected chi connectivity index (χ4v) is 4.48. The van der Waals surface area contributed by atoms with E-state index in [9.17, 15) is 9.18 Å². The molecule has 1 aromatic heterocycles. The molecule has 0 unspecified atom stereocenters. The minimum absolute atomic E-state index is 0. The molecule has 0 aliphatic carbocycles. The highest BCUT2D eigenvalue weighted by atomic mass is 35.5. The van der Waals surface area contributed by atoms with Gasteiger partial charge in [0.25, 0.3) is 0 Å². The third-order valence-electron chi connectivity index (χ3n) is 6.35. The van der Waals surface area contributed by atoms with Gasteiger partial charge in [-0.2, -0.15) is 5.10 Å². The Labute approximate surface area is 171 Å². The zero-order chi connectivity index (χ0) is 19.0. The Morgan fingerprint density at radius 1 is 1.18 bits per heavy atom. The van der Waals surface area contributed by atoms with Gasteiger partial charge < -0.3 is 10.2 Å². The van der Waals surface area contributed by atoms with Crippen molar-refractivity contribution in [2.45, 2.75) is 39.5 Å². The van der Waals surface area contributed by atoms with Gasteiger partial charge in [-0.05, 0) is 69.3 Å². The molecule has 1 amide bonds. The number of hydrogen-bond donors (Lipinski definition) is 1. The van der Waals surface area contributed by atoms with Crippen LogP contribution in [0.5, 0.6) is 0 Å². The number of halogens is 2. The number of benzene rings is 1. The average Bonchev–Trinajstić information content (AvgIpc) is 3.23. The largest absolute Gasteiger partial charge is 0.342 e. The van der Waals surface area contributed by atoms with Crippen LogP contribution in [-0.4, -0.2) is 46.8 Å². The van der Waals surface area contributed by atoms with Crippen LogP contribution in [0.15, 0.2) is 24.3 Å². The monoisotopic (exact) mass is 406 g/mol. The number of aromatic nitrogens is 2. The predicted octanol–water partition coefficient (Wildman–Crippen LogP) is 3.19. The smallest absolute Gasteiger partial charge is 0.227 e. The summed E-state index contributed by atoms with van der Waals surface area (Å²) in [5, 5.41) is 8.05. The zero-order valence-electron chi connectivity index (χ0n) is 16.5. The molecule has 2 aliphatic heterocycles. The van der Waals surface area contributed by atoms with Gasteiger partial charge in [-0.15, -0.1) is 12.4 Å². The molecule has 2 aromatic rings. The number of piperidine rings is 1. The Hall–Kier alpha value is -1.92. The van der Waals surface area contributed by atoms with Crippen LogP contribution in [0.25, 0.3) is 5.69 Å². The van der Waals surface area contributed by atoms with E-state index in [-0.39, 0.29) is 24.1 Å². The van der Waals surface area contributed by atoms with Gasteiger partial charge in [0.2, 0.25) is 5.91 Å². The number of nitrogens with one attached hydrogen (secondary N) is 1. The van der Waals surface area contributed by atoms with E-state index in [0.29, 0.717) is 11.8 Å². The van der Waals surface area contributed by atoms with Crippen LogP contribution in [0.4, 0.5) is 4.39 Å². The van der Waals surface area contributed by atoms with Crippen LogP contribution < -0.4 is 5.32 Å². The highest BCUT2D eigenvalue weighted by Crippen LogP contribution is 2.37. The third kappa shape index (κ3) is 3.94. The van der Waals surface area contributed by atoms with Gasteiger partial charge in [0.05, 0.1) is 17.8 Å². The standard InChI is InChI=1S/C21H27FN4O.ClH/c1-15-19(16(2)26(24-15)18-5-3-17(22)4-6-18)13-20(27)25-11-8-21(9-12-25)7-10-23-14-21;/h3-6,23H,7-14H2,1-2H3;1H. The third-order valence-corrected chi connectivity index (χ3v) is 6.35. The Kier molecular flexibility index (Phi) is 6.10. The number of aryl methyl sites for hydroxylation is 1. The number of hydrogen-bond acceptors (Lipinski definition) is 3. The molecule has 0 radical (unpaired) electrons. The lowest BCUT2D eigenvalue weighted by Crippen LogP contribution is -2.44. The predicted molar refractivity (Wildman–Crippen MR) is 110 cm³/mol. The minimum atomic E-state index is -0.268. The van der Waals surface area contributed by atoms with E-state index in [2.05, 4.69) is 10.4 Å². The van der Waals surface area contributed by atoms with Crippen molar-refractivity contribution in [3.05, 3.63) is 47.0 Å². The fraction of sp³-hybridized carbons (Fsp3) is 0.524. The molecule has 4 rings (SSSR count). The van der Waals surface area contributed by atoms with Crippen LogP contribution in [-0.2, 0) is 11.2 Å². The number of nitrogens with zero attached hydrogens (tertiary/aromatic N) is 3. The highest BCUT2D eigenvalue weighted by molar-refractivity contribution is 5.85. The maximum Gasteiger partial charge on any atom is 0.227 e. The number of carbonyl (C=O) groups is 1. The molecular weight excluding hydrogens is 379 g/mol. The van der Waals surface area contributed by atoms with Crippen molar-refractivity contribution < 1.29 is 9.18 Å². The van der Waals surface area contributed by atoms with Crippen LogP contribution in [0.2, 0.25) is 0 Å². The molecule has 0 saturated carbocycles. The van der Waals surface area contributed by atoms with Gasteiger partial charge in [-0.25, -0.2) is 9.07 Å². The number of amides is 1. The Morgan fingerprint density at radius 3 is 2.46 bits per heavy atom. The molecule has 2 saturated heterocycles. The van der Waals surface area contributed by atoms with Gasteiger partial charge in [0.1, 0.15) is 5.82 Å².